The number of carbonyl (C=O) groups excluding carboxylic acids is 1. The maximum atomic E-state index is 11.9. The monoisotopic (exact) mass is 221 g/mol. The lowest BCUT2D eigenvalue weighted by Crippen LogP contribution is -2.29. The molecule has 1 rings (SSSR count). The Labute approximate surface area is 96.5 Å². The highest BCUT2D eigenvalue weighted by Crippen LogP contribution is 2.22. The van der Waals surface area contributed by atoms with Gasteiger partial charge in [-0.15, -0.1) is 0 Å². The molecule has 0 heterocycles. The lowest BCUT2D eigenvalue weighted by molar-refractivity contribution is -0.124. The molecule has 1 aromatic rings. The predicted molar refractivity (Wildman–Crippen MR) is 65.1 cm³/mol. The number of hydrogen-bond donors (Lipinski definition) is 2. The highest BCUT2D eigenvalue weighted by Gasteiger charge is 2.25. The first kappa shape index (κ1) is 12.7. The highest BCUT2D eigenvalue weighted by molar-refractivity contribution is 5.94. The van der Waals surface area contributed by atoms with Crippen molar-refractivity contribution in [1.82, 2.24) is 0 Å². The third kappa shape index (κ3) is 3.07. The summed E-state index contributed by atoms with van der Waals surface area (Å²) in [7, 11) is 0. The van der Waals surface area contributed by atoms with E-state index in [-0.39, 0.29) is 17.9 Å². The van der Waals surface area contributed by atoms with Crippen LogP contribution >= 0.6 is 0 Å². The summed E-state index contributed by atoms with van der Waals surface area (Å²) in [4.78, 5) is 11.9. The van der Waals surface area contributed by atoms with Crippen LogP contribution in [0, 0.1) is 5.41 Å². The van der Waals surface area contributed by atoms with Gasteiger partial charge in [-0.3, -0.25) is 4.79 Å². The van der Waals surface area contributed by atoms with Gasteiger partial charge in [0.2, 0.25) is 5.91 Å². The maximum absolute atomic E-state index is 11.9. The Morgan fingerprint density at radius 3 is 2.69 bits per heavy atom. The first-order valence-corrected chi connectivity index (χ1v) is 5.51. The quantitative estimate of drug-likeness (QED) is 0.821. The minimum atomic E-state index is -0.366. The van der Waals surface area contributed by atoms with Crippen LogP contribution in [0.2, 0.25) is 0 Å². The molecule has 0 aliphatic rings. The molecule has 2 N–H and O–H groups in total. The average Bonchev–Trinajstić information content (AvgIpc) is 2.29. The van der Waals surface area contributed by atoms with E-state index in [4.69, 9.17) is 5.11 Å². The molecule has 0 aliphatic carbocycles. The van der Waals surface area contributed by atoms with Crippen molar-refractivity contribution in [3.63, 3.8) is 0 Å². The Morgan fingerprint density at radius 1 is 1.44 bits per heavy atom. The minimum absolute atomic E-state index is 0.00471. The fraction of sp³-hybridized carbons (Fsp3) is 0.462. The summed E-state index contributed by atoms with van der Waals surface area (Å²) in [5, 5.41) is 11.8. The Kier molecular flexibility index (Phi) is 4.07. The van der Waals surface area contributed by atoms with Crippen molar-refractivity contribution < 1.29 is 9.90 Å². The predicted octanol–water partition coefficient (Wildman–Crippen LogP) is 2.55. The second-order valence-electron chi connectivity index (χ2n) is 4.55. The zero-order chi connectivity index (χ0) is 12.2. The van der Waals surface area contributed by atoms with Crippen molar-refractivity contribution in [3.8, 4) is 0 Å². The van der Waals surface area contributed by atoms with Crippen molar-refractivity contribution in [2.45, 2.75) is 33.8 Å². The van der Waals surface area contributed by atoms with Crippen LogP contribution in [-0.2, 0) is 11.4 Å². The molecule has 0 saturated heterocycles. The molecule has 3 heteroatoms. The van der Waals surface area contributed by atoms with Crippen molar-refractivity contribution in [2.75, 3.05) is 5.32 Å². The van der Waals surface area contributed by atoms with Gasteiger partial charge in [0.1, 0.15) is 0 Å². The molecule has 16 heavy (non-hydrogen) atoms. The second-order valence-corrected chi connectivity index (χ2v) is 4.55. The van der Waals surface area contributed by atoms with E-state index in [9.17, 15) is 4.79 Å². The lowest BCUT2D eigenvalue weighted by Gasteiger charge is -2.21. The largest absolute Gasteiger partial charge is 0.392 e. The summed E-state index contributed by atoms with van der Waals surface area (Å²) in [5.74, 6) is 0.00471. The third-order valence-electron chi connectivity index (χ3n) is 2.87. The number of amides is 1. The molecular formula is C13H19NO2. The molecule has 0 saturated carbocycles. The fourth-order valence-electron chi connectivity index (χ4n) is 1.21. The molecule has 0 radical (unpaired) electrons. The Hall–Kier alpha value is -1.35. The van der Waals surface area contributed by atoms with E-state index in [0.717, 1.165) is 17.7 Å². The molecule has 0 aromatic heterocycles. The van der Waals surface area contributed by atoms with Gasteiger partial charge in [0.25, 0.3) is 0 Å². The summed E-state index contributed by atoms with van der Waals surface area (Å²) >= 11 is 0. The molecule has 0 bridgehead atoms. The van der Waals surface area contributed by atoms with Crippen molar-refractivity contribution in [1.29, 1.82) is 0 Å². The highest BCUT2D eigenvalue weighted by atomic mass is 16.3. The van der Waals surface area contributed by atoms with Crippen LogP contribution in [0.4, 0.5) is 5.69 Å². The van der Waals surface area contributed by atoms with Gasteiger partial charge in [-0.1, -0.05) is 32.9 Å². The first-order valence-electron chi connectivity index (χ1n) is 5.51. The maximum Gasteiger partial charge on any atom is 0.230 e. The molecule has 1 amide bonds. The Bertz CT molecular complexity index is 372. The van der Waals surface area contributed by atoms with Gasteiger partial charge in [0.15, 0.2) is 0 Å². The average molecular weight is 221 g/mol. The minimum Gasteiger partial charge on any atom is -0.392 e. The molecule has 0 spiro atoms. The summed E-state index contributed by atoms with van der Waals surface area (Å²) in [6.07, 6.45) is 0.790. The van der Waals surface area contributed by atoms with E-state index < -0.39 is 0 Å². The van der Waals surface area contributed by atoms with E-state index in [1.807, 2.05) is 39.0 Å². The number of rotatable bonds is 4. The van der Waals surface area contributed by atoms with Crippen LogP contribution in [0.3, 0.4) is 0 Å². The summed E-state index contributed by atoms with van der Waals surface area (Å²) < 4.78 is 0. The smallest absolute Gasteiger partial charge is 0.230 e. The van der Waals surface area contributed by atoms with Crippen LogP contribution in [-0.4, -0.2) is 11.0 Å². The van der Waals surface area contributed by atoms with Crippen LogP contribution in [0.25, 0.3) is 0 Å². The standard InChI is InChI=1S/C13H19NO2/c1-4-13(2,3)12(16)14-11-7-5-6-10(8-11)9-15/h5-8,15H,4,9H2,1-3H3,(H,14,16). The van der Waals surface area contributed by atoms with Gasteiger partial charge >= 0.3 is 0 Å². The van der Waals surface area contributed by atoms with Crippen LogP contribution in [0.1, 0.15) is 32.8 Å². The first-order chi connectivity index (χ1) is 7.49. The number of benzene rings is 1. The number of anilines is 1. The van der Waals surface area contributed by atoms with E-state index in [2.05, 4.69) is 5.32 Å². The molecule has 0 atom stereocenters. The number of nitrogens with one attached hydrogen (secondary N) is 1. The molecule has 88 valence electrons. The summed E-state index contributed by atoms with van der Waals surface area (Å²) in [6, 6.07) is 7.24. The molecule has 1 aromatic carbocycles. The van der Waals surface area contributed by atoms with E-state index in [1.165, 1.54) is 0 Å². The number of carbonyl (C=O) groups is 1. The molecule has 0 aliphatic heterocycles. The Balaban J connectivity index is 2.77. The number of hydrogen-bond acceptors (Lipinski definition) is 2. The molecule has 0 fully saturated rings. The number of aliphatic hydroxyl groups is 1. The molecule has 3 nitrogen and oxygen atoms in total. The number of aliphatic hydroxyl groups excluding tert-OH is 1. The van der Waals surface area contributed by atoms with Crippen molar-refractivity contribution >= 4 is 11.6 Å². The fourth-order valence-corrected chi connectivity index (χ4v) is 1.21. The Morgan fingerprint density at radius 2 is 2.12 bits per heavy atom. The van der Waals surface area contributed by atoms with Gasteiger partial charge in [0, 0.05) is 11.1 Å². The van der Waals surface area contributed by atoms with E-state index in [1.54, 1.807) is 6.07 Å². The van der Waals surface area contributed by atoms with Gasteiger partial charge in [-0.05, 0) is 24.1 Å². The van der Waals surface area contributed by atoms with E-state index >= 15 is 0 Å². The SMILES string of the molecule is CCC(C)(C)C(=O)Nc1cccc(CO)c1. The lowest BCUT2D eigenvalue weighted by atomic mass is 9.89. The topological polar surface area (TPSA) is 49.3 Å². The van der Waals surface area contributed by atoms with Gasteiger partial charge < -0.3 is 10.4 Å². The zero-order valence-electron chi connectivity index (χ0n) is 10.1. The molecular weight excluding hydrogens is 202 g/mol. The van der Waals surface area contributed by atoms with Crippen molar-refractivity contribution in [2.24, 2.45) is 5.41 Å². The van der Waals surface area contributed by atoms with Gasteiger partial charge in [-0.2, -0.15) is 0 Å². The van der Waals surface area contributed by atoms with Crippen molar-refractivity contribution in [3.05, 3.63) is 29.8 Å². The van der Waals surface area contributed by atoms with E-state index in [0.29, 0.717) is 0 Å². The second kappa shape index (κ2) is 5.12. The van der Waals surface area contributed by atoms with Gasteiger partial charge in [-0.25, -0.2) is 0 Å². The van der Waals surface area contributed by atoms with Crippen LogP contribution in [0.5, 0.6) is 0 Å². The third-order valence-corrected chi connectivity index (χ3v) is 2.87. The zero-order valence-corrected chi connectivity index (χ0v) is 10.1. The summed E-state index contributed by atoms with van der Waals surface area (Å²) in [5.41, 5.74) is 1.17. The normalized spacial score (nSPS) is 11.2. The van der Waals surface area contributed by atoms with Crippen LogP contribution in [0.15, 0.2) is 24.3 Å². The van der Waals surface area contributed by atoms with Crippen LogP contribution < -0.4 is 5.32 Å². The molecule has 0 unspecified atom stereocenters. The summed E-state index contributed by atoms with van der Waals surface area (Å²) in [6.45, 7) is 5.81. The van der Waals surface area contributed by atoms with Gasteiger partial charge in [0.05, 0.1) is 6.61 Å².